The van der Waals surface area contributed by atoms with Crippen molar-refractivity contribution in [3.05, 3.63) is 114 Å². The van der Waals surface area contributed by atoms with Crippen molar-refractivity contribution in [3.8, 4) is 11.1 Å². The maximum Gasteiger partial charge on any atom is 0.262 e. The average Bonchev–Trinajstić information content (AvgIpc) is 3.19. The second-order valence-electron chi connectivity index (χ2n) is 9.66. The summed E-state index contributed by atoms with van der Waals surface area (Å²) in [7, 11) is 3.81. The van der Waals surface area contributed by atoms with Crippen molar-refractivity contribution in [2.75, 3.05) is 38.6 Å². The zero-order chi connectivity index (χ0) is 27.4. The van der Waals surface area contributed by atoms with Gasteiger partial charge in [-0.05, 0) is 73.8 Å². The normalized spacial score (nSPS) is 12.5. The minimum Gasteiger partial charge on any atom is -0.353 e. The third-order valence-corrected chi connectivity index (χ3v) is 6.64. The summed E-state index contributed by atoms with van der Waals surface area (Å²) in [5.41, 5.74) is 5.47. The number of rotatable bonds is 9. The van der Waals surface area contributed by atoms with E-state index in [2.05, 4.69) is 34.5 Å². The van der Waals surface area contributed by atoms with Crippen LogP contribution in [0.4, 0.5) is 17.1 Å². The Morgan fingerprint density at radius 1 is 0.692 bits per heavy atom. The van der Waals surface area contributed by atoms with Gasteiger partial charge in [0.15, 0.2) is 0 Å². The van der Waals surface area contributed by atoms with Crippen LogP contribution >= 0.6 is 0 Å². The third kappa shape index (κ3) is 5.58. The second kappa shape index (κ2) is 11.3. The Morgan fingerprint density at radius 3 is 1.82 bits per heavy atom. The van der Waals surface area contributed by atoms with E-state index < -0.39 is 11.8 Å². The van der Waals surface area contributed by atoms with Crippen LogP contribution in [0.15, 0.2) is 103 Å². The summed E-state index contributed by atoms with van der Waals surface area (Å²) in [5.74, 6) is -1.25. The van der Waals surface area contributed by atoms with Gasteiger partial charge in [-0.3, -0.25) is 19.3 Å². The molecular weight excluding hydrogens is 488 g/mol. The SMILES string of the molecule is CN(C)CCNC(=O)CN1C(=O)c2ccc(-c3ccc(N(c4ccccc4)c4ccccc4)cc3)cc2C1=O. The van der Waals surface area contributed by atoms with Crippen LogP contribution in [-0.4, -0.2) is 61.3 Å². The van der Waals surface area contributed by atoms with Crippen molar-refractivity contribution in [2.45, 2.75) is 0 Å². The van der Waals surface area contributed by atoms with E-state index in [0.717, 1.165) is 33.1 Å². The highest BCUT2D eigenvalue weighted by Gasteiger charge is 2.36. The van der Waals surface area contributed by atoms with Crippen LogP contribution in [0.3, 0.4) is 0 Å². The van der Waals surface area contributed by atoms with Crippen LogP contribution < -0.4 is 10.2 Å². The number of para-hydroxylation sites is 2. The van der Waals surface area contributed by atoms with Crippen molar-refractivity contribution in [2.24, 2.45) is 0 Å². The van der Waals surface area contributed by atoms with Gasteiger partial charge in [0.1, 0.15) is 6.54 Å². The molecule has 0 unspecified atom stereocenters. The number of likely N-dealkylation sites (N-methyl/N-ethyl adjacent to an activating group) is 1. The number of nitrogens with zero attached hydrogens (tertiary/aromatic N) is 3. The van der Waals surface area contributed by atoms with E-state index in [1.54, 1.807) is 12.1 Å². The molecule has 0 bridgehead atoms. The number of anilines is 3. The van der Waals surface area contributed by atoms with Crippen molar-refractivity contribution < 1.29 is 14.4 Å². The first-order chi connectivity index (χ1) is 18.9. The van der Waals surface area contributed by atoms with Gasteiger partial charge in [-0.1, -0.05) is 54.6 Å². The van der Waals surface area contributed by atoms with Crippen molar-refractivity contribution in [1.29, 1.82) is 0 Å². The van der Waals surface area contributed by atoms with Gasteiger partial charge in [-0.2, -0.15) is 0 Å². The minimum atomic E-state index is -0.449. The topological polar surface area (TPSA) is 73.0 Å². The van der Waals surface area contributed by atoms with Crippen LogP contribution in [0.2, 0.25) is 0 Å². The highest BCUT2D eigenvalue weighted by molar-refractivity contribution is 6.22. The summed E-state index contributed by atoms with van der Waals surface area (Å²) in [5, 5.41) is 2.75. The van der Waals surface area contributed by atoms with E-state index in [0.29, 0.717) is 24.2 Å². The van der Waals surface area contributed by atoms with Crippen LogP contribution in [0.25, 0.3) is 11.1 Å². The Morgan fingerprint density at radius 2 is 1.23 bits per heavy atom. The first-order valence-corrected chi connectivity index (χ1v) is 12.8. The van der Waals surface area contributed by atoms with Crippen molar-refractivity contribution >= 4 is 34.8 Å². The largest absolute Gasteiger partial charge is 0.353 e. The zero-order valence-corrected chi connectivity index (χ0v) is 22.0. The molecule has 0 aromatic heterocycles. The number of carbonyl (C=O) groups excluding carboxylic acids is 3. The smallest absolute Gasteiger partial charge is 0.262 e. The van der Waals surface area contributed by atoms with Gasteiger partial charge in [0.2, 0.25) is 5.91 Å². The molecule has 1 N–H and O–H groups in total. The molecule has 196 valence electrons. The predicted octanol–water partition coefficient (Wildman–Crippen LogP) is 5.10. The molecule has 0 atom stereocenters. The van der Waals surface area contributed by atoms with Crippen molar-refractivity contribution in [3.63, 3.8) is 0 Å². The van der Waals surface area contributed by atoms with Gasteiger partial charge < -0.3 is 15.1 Å². The van der Waals surface area contributed by atoms with Gasteiger partial charge in [0.05, 0.1) is 11.1 Å². The molecule has 3 amide bonds. The van der Waals surface area contributed by atoms with E-state index in [-0.39, 0.29) is 12.5 Å². The molecule has 0 radical (unpaired) electrons. The van der Waals surface area contributed by atoms with Gasteiger partial charge in [-0.15, -0.1) is 0 Å². The monoisotopic (exact) mass is 518 g/mol. The van der Waals surface area contributed by atoms with E-state index in [9.17, 15) is 14.4 Å². The van der Waals surface area contributed by atoms with Gasteiger partial charge in [0, 0.05) is 30.2 Å². The molecule has 5 rings (SSSR count). The lowest BCUT2D eigenvalue weighted by molar-refractivity contribution is -0.121. The maximum absolute atomic E-state index is 13.1. The molecule has 4 aromatic carbocycles. The molecule has 4 aromatic rings. The Hall–Kier alpha value is -4.75. The molecule has 1 heterocycles. The van der Waals surface area contributed by atoms with Gasteiger partial charge in [0.25, 0.3) is 11.8 Å². The third-order valence-electron chi connectivity index (χ3n) is 6.64. The Kier molecular flexibility index (Phi) is 7.52. The lowest BCUT2D eigenvalue weighted by Gasteiger charge is -2.25. The fourth-order valence-corrected chi connectivity index (χ4v) is 4.64. The van der Waals surface area contributed by atoms with E-state index in [1.807, 2.05) is 85.7 Å². The number of hydrogen-bond donors (Lipinski definition) is 1. The molecule has 0 saturated carbocycles. The van der Waals surface area contributed by atoms with Crippen LogP contribution in [-0.2, 0) is 4.79 Å². The quantitative estimate of drug-likeness (QED) is 0.312. The lowest BCUT2D eigenvalue weighted by Crippen LogP contribution is -2.42. The fraction of sp³-hybridized carbons (Fsp3) is 0.156. The number of benzene rings is 4. The van der Waals surface area contributed by atoms with Gasteiger partial charge >= 0.3 is 0 Å². The van der Waals surface area contributed by atoms with E-state index in [4.69, 9.17) is 0 Å². The maximum atomic E-state index is 13.1. The fourth-order valence-electron chi connectivity index (χ4n) is 4.64. The highest BCUT2D eigenvalue weighted by atomic mass is 16.2. The summed E-state index contributed by atoms with van der Waals surface area (Å²) in [6, 6.07) is 33.7. The highest BCUT2D eigenvalue weighted by Crippen LogP contribution is 2.36. The number of amides is 3. The predicted molar refractivity (Wildman–Crippen MR) is 153 cm³/mol. The molecule has 0 fully saturated rings. The van der Waals surface area contributed by atoms with Crippen LogP contribution in [0.1, 0.15) is 20.7 Å². The Balaban J connectivity index is 1.36. The standard InChI is InChI=1S/C32H30N4O3/c1-34(2)20-19-33-30(37)22-35-31(38)28-18-15-24(21-29(28)32(35)39)23-13-16-27(17-14-23)36(25-9-5-3-6-10-25)26-11-7-4-8-12-26/h3-18,21H,19-20,22H2,1-2H3,(H,33,37). The zero-order valence-electron chi connectivity index (χ0n) is 22.0. The summed E-state index contributed by atoms with van der Waals surface area (Å²) < 4.78 is 0. The first kappa shape index (κ1) is 25.9. The lowest BCUT2D eigenvalue weighted by atomic mass is 10.00. The number of fused-ring (bicyclic) bond motifs is 1. The number of hydrogen-bond acceptors (Lipinski definition) is 5. The molecule has 7 heteroatoms. The number of nitrogens with one attached hydrogen (secondary N) is 1. The molecule has 0 saturated heterocycles. The molecule has 1 aliphatic heterocycles. The summed E-state index contributed by atoms with van der Waals surface area (Å²) >= 11 is 0. The Bertz CT molecular complexity index is 1450. The summed E-state index contributed by atoms with van der Waals surface area (Å²) in [6.45, 7) is 0.824. The number of imide groups is 1. The molecule has 0 aliphatic carbocycles. The molecular formula is C32H30N4O3. The molecule has 7 nitrogen and oxygen atoms in total. The summed E-state index contributed by atoms with van der Waals surface area (Å²) in [6.07, 6.45) is 0. The first-order valence-electron chi connectivity index (χ1n) is 12.8. The summed E-state index contributed by atoms with van der Waals surface area (Å²) in [4.78, 5) is 43.4. The van der Waals surface area contributed by atoms with Gasteiger partial charge in [-0.25, -0.2) is 0 Å². The molecule has 0 spiro atoms. The Labute approximate surface area is 228 Å². The van der Waals surface area contributed by atoms with E-state index in [1.165, 1.54) is 0 Å². The molecule has 1 aliphatic rings. The van der Waals surface area contributed by atoms with Crippen LogP contribution in [0.5, 0.6) is 0 Å². The van der Waals surface area contributed by atoms with E-state index >= 15 is 0 Å². The second-order valence-corrected chi connectivity index (χ2v) is 9.66. The number of carbonyl (C=O) groups is 3. The average molecular weight is 519 g/mol. The minimum absolute atomic E-state index is 0.293. The van der Waals surface area contributed by atoms with Crippen molar-refractivity contribution in [1.82, 2.24) is 15.1 Å². The molecule has 39 heavy (non-hydrogen) atoms. The van der Waals surface area contributed by atoms with Crippen LogP contribution in [0, 0.1) is 0 Å².